The number of rotatable bonds is 5. The quantitative estimate of drug-likeness (QED) is 0.798. The van der Waals surface area contributed by atoms with Gasteiger partial charge in [-0.2, -0.15) is 10.2 Å². The predicted molar refractivity (Wildman–Crippen MR) is 119 cm³/mol. The number of hydrogen-bond donors (Lipinski definition) is 1. The van der Waals surface area contributed by atoms with Crippen LogP contribution in [0.25, 0.3) is 0 Å². The molecule has 0 unspecified atom stereocenters. The molecule has 6 nitrogen and oxygen atoms in total. The lowest BCUT2D eigenvalue weighted by Gasteiger charge is -2.47. The molecule has 2 atom stereocenters. The van der Waals surface area contributed by atoms with Crippen molar-refractivity contribution in [1.82, 2.24) is 14.9 Å². The van der Waals surface area contributed by atoms with Crippen LogP contribution in [0.1, 0.15) is 62.0 Å². The van der Waals surface area contributed by atoms with Gasteiger partial charge in [0.15, 0.2) is 0 Å². The topological polar surface area (TPSA) is 68.1 Å². The van der Waals surface area contributed by atoms with Gasteiger partial charge in [0.05, 0.1) is 11.6 Å². The van der Waals surface area contributed by atoms with E-state index in [-0.39, 0.29) is 0 Å². The molecule has 1 saturated carbocycles. The average molecular weight is 403 g/mol. The molecular formula is C24H30N6. The van der Waals surface area contributed by atoms with E-state index in [1.54, 1.807) is 0 Å². The Morgan fingerprint density at radius 2 is 1.97 bits per heavy atom. The molecule has 0 amide bonds. The summed E-state index contributed by atoms with van der Waals surface area (Å²) < 4.78 is 0. The van der Waals surface area contributed by atoms with Crippen molar-refractivity contribution < 1.29 is 0 Å². The molecular weight excluding hydrogens is 372 g/mol. The highest BCUT2D eigenvalue weighted by Gasteiger charge is 2.35. The number of aromatic nitrogens is 2. The summed E-state index contributed by atoms with van der Waals surface area (Å²) in [5, 5.41) is 12.8. The van der Waals surface area contributed by atoms with Crippen LogP contribution in [0.5, 0.6) is 0 Å². The van der Waals surface area contributed by atoms with E-state index in [0.717, 1.165) is 17.1 Å². The van der Waals surface area contributed by atoms with E-state index in [9.17, 15) is 5.26 Å². The van der Waals surface area contributed by atoms with Crippen LogP contribution in [0.3, 0.4) is 0 Å². The summed E-state index contributed by atoms with van der Waals surface area (Å²) in [6.07, 6.45) is 10.6. The molecule has 3 aliphatic rings. The monoisotopic (exact) mass is 402 g/mol. The number of piperidine rings is 2. The second kappa shape index (κ2) is 8.23. The molecule has 5 rings (SSSR count). The van der Waals surface area contributed by atoms with Crippen LogP contribution < -0.4 is 10.2 Å². The second-order valence-electron chi connectivity index (χ2n) is 8.97. The van der Waals surface area contributed by atoms with E-state index in [1.165, 1.54) is 63.6 Å². The molecule has 0 radical (unpaired) electrons. The Morgan fingerprint density at radius 3 is 2.80 bits per heavy atom. The van der Waals surface area contributed by atoms with Gasteiger partial charge in [-0.3, -0.25) is 4.90 Å². The molecule has 3 fully saturated rings. The zero-order chi connectivity index (χ0) is 20.5. The van der Waals surface area contributed by atoms with Gasteiger partial charge in [-0.25, -0.2) is 4.98 Å². The third kappa shape index (κ3) is 3.87. The van der Waals surface area contributed by atoms with Gasteiger partial charge < -0.3 is 10.2 Å². The van der Waals surface area contributed by atoms with Gasteiger partial charge in [0, 0.05) is 31.0 Å². The lowest BCUT2D eigenvalue weighted by molar-refractivity contribution is 0.0894. The van der Waals surface area contributed by atoms with Crippen molar-refractivity contribution in [1.29, 1.82) is 5.26 Å². The maximum absolute atomic E-state index is 9.52. The Hall–Kier alpha value is -2.65. The number of nitriles is 1. The molecule has 1 aliphatic carbocycles. The van der Waals surface area contributed by atoms with Crippen LogP contribution in [-0.4, -0.2) is 47.1 Å². The first kappa shape index (κ1) is 19.3. The summed E-state index contributed by atoms with van der Waals surface area (Å²) in [5.41, 5.74) is 2.80. The molecule has 30 heavy (non-hydrogen) atoms. The van der Waals surface area contributed by atoms with Gasteiger partial charge in [-0.05, 0) is 81.3 Å². The standard InChI is InChI=1S/C24H30N6/c1-29(21-6-4-14-30-13-3-2-5-22(21)30)23-11-12-26-24(28-23)27-19-9-10-20(17-7-8-17)18(15-19)16-25/h9-12,15,17,21-22H,2-8,13-14H2,1H3,(H,26,27,28)/t21-,22+/m0/s1. The van der Waals surface area contributed by atoms with Gasteiger partial charge in [-0.1, -0.05) is 12.5 Å². The smallest absolute Gasteiger partial charge is 0.229 e. The summed E-state index contributed by atoms with van der Waals surface area (Å²) in [7, 11) is 2.17. The Kier molecular flexibility index (Phi) is 5.30. The van der Waals surface area contributed by atoms with Gasteiger partial charge in [0.2, 0.25) is 5.95 Å². The lowest BCUT2D eigenvalue weighted by Crippen LogP contribution is -2.56. The van der Waals surface area contributed by atoms with Gasteiger partial charge in [-0.15, -0.1) is 0 Å². The molecule has 156 valence electrons. The van der Waals surface area contributed by atoms with Crippen molar-refractivity contribution in [3.63, 3.8) is 0 Å². The van der Waals surface area contributed by atoms with Crippen molar-refractivity contribution >= 4 is 17.5 Å². The van der Waals surface area contributed by atoms with Crippen molar-refractivity contribution in [3.05, 3.63) is 41.6 Å². The van der Waals surface area contributed by atoms with Crippen LogP contribution in [0, 0.1) is 11.3 Å². The van der Waals surface area contributed by atoms with E-state index in [0.29, 0.717) is 23.9 Å². The summed E-state index contributed by atoms with van der Waals surface area (Å²) in [5.74, 6) is 2.11. The number of likely N-dealkylation sites (N-methyl/N-ethyl adjacent to an activating group) is 1. The minimum Gasteiger partial charge on any atom is -0.355 e. The number of anilines is 3. The highest BCUT2D eigenvalue weighted by Crippen LogP contribution is 2.42. The molecule has 1 aromatic heterocycles. The third-order valence-corrected chi connectivity index (χ3v) is 7.00. The summed E-state index contributed by atoms with van der Waals surface area (Å²) >= 11 is 0. The van der Waals surface area contributed by atoms with Crippen molar-refractivity contribution in [2.24, 2.45) is 0 Å². The van der Waals surface area contributed by atoms with Crippen LogP contribution in [0.2, 0.25) is 0 Å². The molecule has 1 aromatic carbocycles. The molecule has 2 saturated heterocycles. The van der Waals surface area contributed by atoms with E-state index < -0.39 is 0 Å². The van der Waals surface area contributed by atoms with Crippen LogP contribution in [-0.2, 0) is 0 Å². The van der Waals surface area contributed by atoms with Gasteiger partial charge in [0.25, 0.3) is 0 Å². The Balaban J connectivity index is 1.33. The van der Waals surface area contributed by atoms with Gasteiger partial charge >= 0.3 is 0 Å². The maximum Gasteiger partial charge on any atom is 0.229 e. The van der Waals surface area contributed by atoms with Crippen LogP contribution in [0.4, 0.5) is 17.5 Å². The molecule has 0 spiro atoms. The fourth-order valence-corrected chi connectivity index (χ4v) is 5.26. The molecule has 2 aromatic rings. The van der Waals surface area contributed by atoms with E-state index in [1.807, 2.05) is 24.4 Å². The Morgan fingerprint density at radius 1 is 1.10 bits per heavy atom. The van der Waals surface area contributed by atoms with E-state index in [2.05, 4.69) is 39.3 Å². The highest BCUT2D eigenvalue weighted by atomic mass is 15.3. The molecule has 3 heterocycles. The fraction of sp³-hybridized carbons (Fsp3) is 0.542. The molecule has 6 heteroatoms. The first-order valence-corrected chi connectivity index (χ1v) is 11.3. The number of benzene rings is 1. The first-order valence-electron chi connectivity index (χ1n) is 11.3. The van der Waals surface area contributed by atoms with Crippen LogP contribution >= 0.6 is 0 Å². The Bertz CT molecular complexity index is 945. The normalized spacial score (nSPS) is 24.0. The minimum atomic E-state index is 0.504. The number of nitrogens with one attached hydrogen (secondary N) is 1. The molecule has 2 aliphatic heterocycles. The number of hydrogen-bond acceptors (Lipinski definition) is 6. The SMILES string of the molecule is CN(c1ccnc(Nc2ccc(C3CC3)c(C#N)c2)n1)[C@H]1CCCN2CCCC[C@H]12. The molecule has 1 N–H and O–H groups in total. The third-order valence-electron chi connectivity index (χ3n) is 7.00. The average Bonchev–Trinajstić information content (AvgIpc) is 3.63. The molecule has 0 bridgehead atoms. The predicted octanol–water partition coefficient (Wildman–Crippen LogP) is 4.42. The zero-order valence-electron chi connectivity index (χ0n) is 17.7. The van der Waals surface area contributed by atoms with Gasteiger partial charge in [0.1, 0.15) is 5.82 Å². The lowest BCUT2D eigenvalue weighted by atomic mass is 9.88. The summed E-state index contributed by atoms with van der Waals surface area (Å²) in [4.78, 5) is 14.3. The fourth-order valence-electron chi connectivity index (χ4n) is 5.26. The van der Waals surface area contributed by atoms with E-state index in [4.69, 9.17) is 4.98 Å². The summed E-state index contributed by atoms with van der Waals surface area (Å²) in [6, 6.07) is 11.5. The van der Waals surface area contributed by atoms with E-state index >= 15 is 0 Å². The van der Waals surface area contributed by atoms with Crippen molar-refractivity contribution in [2.75, 3.05) is 30.4 Å². The summed E-state index contributed by atoms with van der Waals surface area (Å²) in [6.45, 7) is 2.48. The van der Waals surface area contributed by atoms with Crippen molar-refractivity contribution in [2.45, 2.75) is 62.9 Å². The van der Waals surface area contributed by atoms with Crippen molar-refractivity contribution in [3.8, 4) is 6.07 Å². The zero-order valence-corrected chi connectivity index (χ0v) is 17.7. The largest absolute Gasteiger partial charge is 0.355 e. The second-order valence-corrected chi connectivity index (χ2v) is 8.97. The minimum absolute atomic E-state index is 0.504. The highest BCUT2D eigenvalue weighted by molar-refractivity contribution is 5.60. The number of nitrogens with zero attached hydrogens (tertiary/aromatic N) is 5. The first-order chi connectivity index (χ1) is 14.7. The van der Waals surface area contributed by atoms with Crippen LogP contribution in [0.15, 0.2) is 30.5 Å². The number of fused-ring (bicyclic) bond motifs is 1. The maximum atomic E-state index is 9.52. The Labute approximate surface area is 178 Å².